The smallest absolute Gasteiger partial charge is 0.133 e. The Hall–Kier alpha value is -7.34. The van der Waals surface area contributed by atoms with E-state index in [1.54, 1.807) is 0 Å². The van der Waals surface area contributed by atoms with Crippen LogP contribution in [-0.4, -0.2) is 9.13 Å². The molecule has 0 radical (unpaired) electrons. The largest absolute Gasteiger partial charge is 0.457 e. The van der Waals surface area contributed by atoms with Gasteiger partial charge in [-0.15, -0.1) is 0 Å². The molecule has 57 heavy (non-hydrogen) atoms. The van der Waals surface area contributed by atoms with E-state index >= 15 is 0 Å². The topological polar surface area (TPSA) is 71.1 Å². The number of anilines is 1. The minimum atomic E-state index is 0.517. The van der Waals surface area contributed by atoms with Crippen LogP contribution >= 0.6 is 0 Å². The third-order valence-electron chi connectivity index (χ3n) is 11.6. The fourth-order valence-corrected chi connectivity index (χ4v) is 9.02. The van der Waals surface area contributed by atoms with Crippen LogP contribution in [0.25, 0.3) is 76.5 Å². The summed E-state index contributed by atoms with van der Waals surface area (Å²) in [6.45, 7) is 0.517. The Morgan fingerprint density at radius 2 is 1.07 bits per heavy atom. The third kappa shape index (κ3) is 5.21. The zero-order valence-electron chi connectivity index (χ0n) is 31.2. The van der Waals surface area contributed by atoms with Gasteiger partial charge >= 0.3 is 0 Å². The van der Waals surface area contributed by atoms with Crippen LogP contribution in [0.4, 0.5) is 5.69 Å². The van der Waals surface area contributed by atoms with Crippen molar-refractivity contribution >= 4 is 70.8 Å². The Balaban J connectivity index is 0.000000209. The number of aromatic nitrogens is 2. The number of nitrogen functional groups attached to an aromatic ring is 1. The molecule has 0 atom stereocenters. The molecular weight excluding hydrogens is 697 g/mol. The minimum Gasteiger partial charge on any atom is -0.457 e. The van der Waals surface area contributed by atoms with Crippen LogP contribution in [0.5, 0.6) is 11.5 Å². The van der Waals surface area contributed by atoms with Gasteiger partial charge in [-0.2, -0.15) is 0 Å². The summed E-state index contributed by atoms with van der Waals surface area (Å²) in [5.74, 6) is 1.82. The first-order valence-electron chi connectivity index (χ1n) is 19.4. The van der Waals surface area contributed by atoms with Crippen LogP contribution in [0.1, 0.15) is 16.7 Å². The Kier molecular flexibility index (Phi) is 7.62. The lowest BCUT2D eigenvalue weighted by Crippen LogP contribution is -2.05. The lowest BCUT2D eigenvalue weighted by Gasteiger charge is -2.21. The van der Waals surface area contributed by atoms with E-state index in [2.05, 4.69) is 155 Å². The molecule has 0 spiro atoms. The molecule has 0 amide bonds. The molecule has 0 unspecified atom stereocenters. The van der Waals surface area contributed by atoms with Gasteiger partial charge in [0.05, 0.1) is 22.1 Å². The summed E-state index contributed by atoms with van der Waals surface area (Å²) in [6, 6.07) is 64.5. The van der Waals surface area contributed by atoms with E-state index in [0.717, 1.165) is 40.4 Å². The second kappa shape index (κ2) is 13.2. The van der Waals surface area contributed by atoms with Crippen LogP contribution in [0.15, 0.2) is 182 Å². The highest BCUT2D eigenvalue weighted by Gasteiger charge is 2.20. The van der Waals surface area contributed by atoms with E-state index in [0.29, 0.717) is 6.54 Å². The van der Waals surface area contributed by atoms with Crippen molar-refractivity contribution in [2.45, 2.75) is 13.0 Å². The molecule has 4 N–H and O–H groups in total. The zero-order valence-corrected chi connectivity index (χ0v) is 31.2. The Morgan fingerprint density at radius 3 is 1.91 bits per heavy atom. The summed E-state index contributed by atoms with van der Waals surface area (Å²) >= 11 is 0. The van der Waals surface area contributed by atoms with Gasteiger partial charge in [0.2, 0.25) is 0 Å². The number of nitrogens with two attached hydrogens (primary N) is 2. The molecular formula is C52H38N4O. The third-order valence-corrected chi connectivity index (χ3v) is 11.6. The summed E-state index contributed by atoms with van der Waals surface area (Å²) in [5, 5.41) is 10.1. The Morgan fingerprint density at radius 1 is 0.456 bits per heavy atom. The highest BCUT2D eigenvalue weighted by molar-refractivity contribution is 6.29. The highest BCUT2D eigenvalue weighted by Crippen LogP contribution is 2.43. The average Bonchev–Trinajstić information content (AvgIpc) is 3.80. The summed E-state index contributed by atoms with van der Waals surface area (Å²) in [5.41, 5.74) is 23.4. The molecule has 0 bridgehead atoms. The van der Waals surface area contributed by atoms with E-state index in [1.165, 1.54) is 76.4 Å². The lowest BCUT2D eigenvalue weighted by molar-refractivity contribution is 0.460. The van der Waals surface area contributed by atoms with E-state index < -0.39 is 0 Å². The van der Waals surface area contributed by atoms with E-state index in [-0.39, 0.29) is 0 Å². The van der Waals surface area contributed by atoms with Crippen LogP contribution in [0, 0.1) is 0 Å². The van der Waals surface area contributed by atoms with Gasteiger partial charge in [0.15, 0.2) is 0 Å². The minimum absolute atomic E-state index is 0.517. The van der Waals surface area contributed by atoms with Crippen molar-refractivity contribution < 1.29 is 4.74 Å². The predicted molar refractivity (Wildman–Crippen MR) is 238 cm³/mol. The van der Waals surface area contributed by atoms with Gasteiger partial charge in [-0.25, -0.2) is 0 Å². The molecule has 0 saturated carbocycles. The van der Waals surface area contributed by atoms with Gasteiger partial charge < -0.3 is 25.3 Å². The summed E-state index contributed by atoms with van der Waals surface area (Å²) in [4.78, 5) is 0. The molecule has 0 aliphatic carbocycles. The highest BCUT2D eigenvalue weighted by atomic mass is 16.5. The average molecular weight is 735 g/mol. The van der Waals surface area contributed by atoms with Crippen LogP contribution in [0.3, 0.4) is 0 Å². The van der Waals surface area contributed by atoms with Gasteiger partial charge in [-0.3, -0.25) is 0 Å². The molecule has 1 aliphatic rings. The SMILES string of the molecule is NCc1cccc(-n2c3ccccc3c3ccc4c5ccc6c(c5ccc4c32)c2ccccc2n6-c2ccccc2)c1.Nc1cccc2c1Cc1ccccc1O2. The van der Waals surface area contributed by atoms with Crippen molar-refractivity contribution in [1.82, 2.24) is 9.13 Å². The normalized spacial score (nSPS) is 12.2. The van der Waals surface area contributed by atoms with Gasteiger partial charge in [-0.05, 0) is 87.9 Å². The molecule has 9 aromatic carbocycles. The van der Waals surface area contributed by atoms with Crippen molar-refractivity contribution in [3.63, 3.8) is 0 Å². The Labute approximate surface area is 329 Å². The zero-order chi connectivity index (χ0) is 38.0. The molecule has 3 heterocycles. The predicted octanol–water partition coefficient (Wildman–Crippen LogP) is 12.6. The van der Waals surface area contributed by atoms with Crippen molar-refractivity contribution in [2.75, 3.05) is 5.73 Å². The van der Waals surface area contributed by atoms with Gasteiger partial charge in [-0.1, -0.05) is 121 Å². The maximum absolute atomic E-state index is 6.06. The van der Waals surface area contributed by atoms with Crippen molar-refractivity contribution in [1.29, 1.82) is 0 Å². The van der Waals surface area contributed by atoms with E-state index in [9.17, 15) is 0 Å². The number of hydrogen-bond acceptors (Lipinski definition) is 3. The molecule has 0 fully saturated rings. The van der Waals surface area contributed by atoms with Gasteiger partial charge in [0, 0.05) is 62.5 Å². The van der Waals surface area contributed by atoms with Gasteiger partial charge in [0.1, 0.15) is 11.5 Å². The van der Waals surface area contributed by atoms with Crippen molar-refractivity contribution in [3.8, 4) is 22.9 Å². The molecule has 272 valence electrons. The second-order valence-corrected chi connectivity index (χ2v) is 14.8. The maximum atomic E-state index is 6.06. The molecule has 1 aliphatic heterocycles. The fraction of sp³-hybridized carbons (Fsp3) is 0.0385. The molecule has 11 aromatic rings. The number of hydrogen-bond donors (Lipinski definition) is 2. The number of fused-ring (bicyclic) bond motifs is 13. The first kappa shape index (κ1) is 33.0. The molecule has 5 nitrogen and oxygen atoms in total. The summed E-state index contributed by atoms with van der Waals surface area (Å²) < 4.78 is 10.6. The Bertz CT molecular complexity index is 3360. The van der Waals surface area contributed by atoms with Crippen molar-refractivity contribution in [2.24, 2.45) is 5.73 Å². The van der Waals surface area contributed by atoms with E-state index in [1.807, 2.05) is 36.4 Å². The van der Waals surface area contributed by atoms with E-state index in [4.69, 9.17) is 16.2 Å². The van der Waals surface area contributed by atoms with Crippen LogP contribution in [-0.2, 0) is 13.0 Å². The number of nitrogens with zero attached hydrogens (tertiary/aromatic N) is 2. The molecule has 5 heteroatoms. The first-order chi connectivity index (χ1) is 28.2. The number of para-hydroxylation sites is 4. The number of benzene rings is 9. The monoisotopic (exact) mass is 734 g/mol. The molecule has 2 aromatic heterocycles. The van der Waals surface area contributed by atoms with Gasteiger partial charge in [0.25, 0.3) is 0 Å². The number of ether oxygens (including phenoxy) is 1. The standard InChI is InChI=1S/C39H27N3.C13H11NO/c40-24-25-9-8-12-27(23-25)42-35-15-6-4-13-30(35)33-19-17-29-28-21-22-37-38(31(28)18-20-32(29)39(33)42)34-14-5-7-16-36(34)41(37)26-10-2-1-3-11-26;14-11-5-3-7-13-10(11)8-9-4-1-2-6-12(9)15-13/h1-23H,24,40H2;1-7H,8,14H2. The van der Waals surface area contributed by atoms with Crippen LogP contribution < -0.4 is 16.2 Å². The number of rotatable bonds is 3. The first-order valence-corrected chi connectivity index (χ1v) is 19.4. The quantitative estimate of drug-likeness (QED) is 0.140. The fourth-order valence-electron chi connectivity index (χ4n) is 9.02. The van der Waals surface area contributed by atoms with Crippen LogP contribution in [0.2, 0.25) is 0 Å². The molecule has 0 saturated heterocycles. The summed E-state index contributed by atoms with van der Waals surface area (Å²) in [6.07, 6.45) is 0.859. The lowest BCUT2D eigenvalue weighted by atomic mass is 9.96. The summed E-state index contributed by atoms with van der Waals surface area (Å²) in [7, 11) is 0. The maximum Gasteiger partial charge on any atom is 0.133 e. The second-order valence-electron chi connectivity index (χ2n) is 14.8. The molecule has 12 rings (SSSR count). The van der Waals surface area contributed by atoms with Crippen molar-refractivity contribution in [3.05, 3.63) is 199 Å².